The molecule has 102 valence electrons. The van der Waals surface area contributed by atoms with Crippen molar-refractivity contribution in [2.24, 2.45) is 5.92 Å². The van der Waals surface area contributed by atoms with E-state index in [2.05, 4.69) is 38.2 Å². The van der Waals surface area contributed by atoms with Crippen LogP contribution in [0.3, 0.4) is 0 Å². The molecule has 0 heterocycles. The van der Waals surface area contributed by atoms with Gasteiger partial charge in [-0.05, 0) is 46.7 Å². The average molecular weight is 242 g/mol. The van der Waals surface area contributed by atoms with Gasteiger partial charge in [-0.2, -0.15) is 0 Å². The van der Waals surface area contributed by atoms with E-state index in [1.807, 2.05) is 0 Å². The zero-order valence-corrected chi connectivity index (χ0v) is 12.0. The molecule has 2 unspecified atom stereocenters. The summed E-state index contributed by atoms with van der Waals surface area (Å²) in [6, 6.07) is 0.648. The Morgan fingerprint density at radius 3 is 2.47 bits per heavy atom. The molecular weight excluding hydrogens is 212 g/mol. The summed E-state index contributed by atoms with van der Waals surface area (Å²) in [6.07, 6.45) is 6.71. The molecule has 1 rings (SSSR count). The van der Waals surface area contributed by atoms with Gasteiger partial charge in [0.2, 0.25) is 0 Å². The first-order valence-corrected chi connectivity index (χ1v) is 7.00. The third-order valence-corrected chi connectivity index (χ3v) is 4.46. The number of rotatable bonds is 5. The fourth-order valence-corrected chi connectivity index (χ4v) is 2.70. The molecule has 3 heteroatoms. The van der Waals surface area contributed by atoms with Gasteiger partial charge in [0.05, 0.1) is 6.61 Å². The van der Waals surface area contributed by atoms with Gasteiger partial charge in [-0.15, -0.1) is 0 Å². The Morgan fingerprint density at radius 1 is 1.24 bits per heavy atom. The van der Waals surface area contributed by atoms with Crippen molar-refractivity contribution < 1.29 is 5.11 Å². The summed E-state index contributed by atoms with van der Waals surface area (Å²) in [6.45, 7) is 5.52. The number of likely N-dealkylation sites (N-methyl/N-ethyl adjacent to an activating group) is 1. The molecule has 0 saturated heterocycles. The minimum absolute atomic E-state index is 0.107. The fourth-order valence-electron chi connectivity index (χ4n) is 2.70. The van der Waals surface area contributed by atoms with Crippen molar-refractivity contribution in [3.63, 3.8) is 0 Å². The maximum absolute atomic E-state index is 9.42. The van der Waals surface area contributed by atoms with Crippen LogP contribution in [0.5, 0.6) is 0 Å². The molecule has 1 aliphatic carbocycles. The molecule has 2 atom stereocenters. The predicted molar refractivity (Wildman–Crippen MR) is 73.2 cm³/mol. The topological polar surface area (TPSA) is 35.5 Å². The lowest BCUT2D eigenvalue weighted by molar-refractivity contribution is 0.0598. The van der Waals surface area contributed by atoms with Crippen molar-refractivity contribution in [1.29, 1.82) is 0 Å². The van der Waals surface area contributed by atoms with Crippen molar-refractivity contribution >= 4 is 0 Å². The van der Waals surface area contributed by atoms with Crippen molar-refractivity contribution in [3.05, 3.63) is 0 Å². The third kappa shape index (κ3) is 4.23. The standard InChI is InChI=1S/C14H30N2O/c1-14(2,11-17)16(4)10-12-8-6-5-7-9-13(12)15-3/h12-13,15,17H,5-11H2,1-4H3. The zero-order valence-electron chi connectivity index (χ0n) is 12.0. The Balaban J connectivity index is 2.57. The summed E-state index contributed by atoms with van der Waals surface area (Å²) in [4.78, 5) is 2.31. The molecule has 0 aliphatic heterocycles. The lowest BCUT2D eigenvalue weighted by atomic mass is 9.92. The van der Waals surface area contributed by atoms with E-state index in [-0.39, 0.29) is 12.1 Å². The van der Waals surface area contributed by atoms with E-state index in [4.69, 9.17) is 0 Å². The molecule has 1 aliphatic rings. The number of hydrogen-bond donors (Lipinski definition) is 2. The summed E-state index contributed by atoms with van der Waals surface area (Å²) in [5.41, 5.74) is -0.107. The Labute approximate surface area is 107 Å². The first kappa shape index (κ1) is 14.9. The van der Waals surface area contributed by atoms with Crippen LogP contribution in [-0.4, -0.2) is 48.8 Å². The van der Waals surface area contributed by atoms with Gasteiger partial charge in [-0.1, -0.05) is 19.3 Å². The molecule has 0 spiro atoms. The van der Waals surface area contributed by atoms with Gasteiger partial charge < -0.3 is 10.4 Å². The van der Waals surface area contributed by atoms with E-state index in [1.165, 1.54) is 32.1 Å². The van der Waals surface area contributed by atoms with E-state index in [9.17, 15) is 5.11 Å². The first-order chi connectivity index (χ1) is 8.01. The van der Waals surface area contributed by atoms with Crippen molar-refractivity contribution in [2.75, 3.05) is 27.2 Å². The smallest absolute Gasteiger partial charge is 0.0609 e. The summed E-state index contributed by atoms with van der Waals surface area (Å²) < 4.78 is 0. The monoisotopic (exact) mass is 242 g/mol. The Kier molecular flexibility index (Phi) is 5.90. The highest BCUT2D eigenvalue weighted by molar-refractivity contribution is 4.85. The van der Waals surface area contributed by atoms with Gasteiger partial charge in [0.1, 0.15) is 0 Å². The molecule has 0 bridgehead atoms. The molecule has 1 saturated carbocycles. The van der Waals surface area contributed by atoms with Crippen LogP contribution < -0.4 is 5.32 Å². The van der Waals surface area contributed by atoms with Gasteiger partial charge >= 0.3 is 0 Å². The molecule has 0 aromatic carbocycles. The quantitative estimate of drug-likeness (QED) is 0.722. The largest absolute Gasteiger partial charge is 0.394 e. The van der Waals surface area contributed by atoms with Crippen LogP contribution >= 0.6 is 0 Å². The molecule has 0 radical (unpaired) electrons. The van der Waals surface area contributed by atoms with Crippen LogP contribution in [0.25, 0.3) is 0 Å². The minimum Gasteiger partial charge on any atom is -0.394 e. The average Bonchev–Trinajstić information content (AvgIpc) is 2.54. The molecule has 0 aromatic heterocycles. The van der Waals surface area contributed by atoms with Gasteiger partial charge in [-0.3, -0.25) is 4.90 Å². The van der Waals surface area contributed by atoms with E-state index in [0.717, 1.165) is 12.5 Å². The highest BCUT2D eigenvalue weighted by atomic mass is 16.3. The lowest BCUT2D eigenvalue weighted by Gasteiger charge is -2.38. The maximum Gasteiger partial charge on any atom is 0.0609 e. The number of aliphatic hydroxyl groups excluding tert-OH is 1. The van der Waals surface area contributed by atoms with E-state index in [1.54, 1.807) is 0 Å². The summed E-state index contributed by atoms with van der Waals surface area (Å²) in [5, 5.41) is 12.9. The van der Waals surface area contributed by atoms with Crippen LogP contribution in [-0.2, 0) is 0 Å². The highest BCUT2D eigenvalue weighted by Gasteiger charge is 2.28. The summed E-state index contributed by atoms with van der Waals surface area (Å²) in [7, 11) is 4.22. The molecule has 2 N–H and O–H groups in total. The second-order valence-electron chi connectivity index (χ2n) is 6.14. The number of hydrogen-bond acceptors (Lipinski definition) is 3. The highest BCUT2D eigenvalue weighted by Crippen LogP contribution is 2.25. The molecule has 17 heavy (non-hydrogen) atoms. The number of nitrogens with one attached hydrogen (secondary N) is 1. The lowest BCUT2D eigenvalue weighted by Crippen LogP contribution is -2.49. The van der Waals surface area contributed by atoms with Crippen LogP contribution in [0.4, 0.5) is 0 Å². The van der Waals surface area contributed by atoms with Gasteiger partial charge in [0.25, 0.3) is 0 Å². The second kappa shape index (κ2) is 6.72. The zero-order chi connectivity index (χ0) is 12.9. The SMILES string of the molecule is CNC1CCCCCC1CN(C)C(C)(C)CO. The molecule has 1 fully saturated rings. The normalized spacial score (nSPS) is 27.2. The van der Waals surface area contributed by atoms with Gasteiger partial charge in [0.15, 0.2) is 0 Å². The van der Waals surface area contributed by atoms with Crippen LogP contribution in [0.1, 0.15) is 46.0 Å². The van der Waals surface area contributed by atoms with Crippen molar-refractivity contribution in [3.8, 4) is 0 Å². The molecule has 0 aromatic rings. The Morgan fingerprint density at radius 2 is 1.88 bits per heavy atom. The van der Waals surface area contributed by atoms with Crippen LogP contribution in [0, 0.1) is 5.92 Å². The maximum atomic E-state index is 9.42. The third-order valence-electron chi connectivity index (χ3n) is 4.46. The Hall–Kier alpha value is -0.120. The Bertz CT molecular complexity index is 218. The summed E-state index contributed by atoms with van der Waals surface area (Å²) in [5.74, 6) is 0.721. The van der Waals surface area contributed by atoms with Crippen molar-refractivity contribution in [1.82, 2.24) is 10.2 Å². The first-order valence-electron chi connectivity index (χ1n) is 7.00. The molecule has 3 nitrogen and oxygen atoms in total. The predicted octanol–water partition coefficient (Wildman–Crippen LogP) is 1.86. The van der Waals surface area contributed by atoms with Crippen molar-refractivity contribution in [2.45, 2.75) is 57.5 Å². The second-order valence-corrected chi connectivity index (χ2v) is 6.14. The van der Waals surface area contributed by atoms with E-state index < -0.39 is 0 Å². The molecule has 0 amide bonds. The van der Waals surface area contributed by atoms with E-state index in [0.29, 0.717) is 6.04 Å². The van der Waals surface area contributed by atoms with Gasteiger partial charge in [0, 0.05) is 18.1 Å². The van der Waals surface area contributed by atoms with Crippen LogP contribution in [0.2, 0.25) is 0 Å². The number of aliphatic hydroxyl groups is 1. The van der Waals surface area contributed by atoms with E-state index >= 15 is 0 Å². The fraction of sp³-hybridized carbons (Fsp3) is 1.00. The molecular formula is C14H30N2O. The van der Waals surface area contributed by atoms with Gasteiger partial charge in [-0.25, -0.2) is 0 Å². The minimum atomic E-state index is -0.107. The number of nitrogens with zero attached hydrogens (tertiary/aromatic N) is 1. The summed E-state index contributed by atoms with van der Waals surface area (Å²) >= 11 is 0. The van der Waals surface area contributed by atoms with Crippen LogP contribution in [0.15, 0.2) is 0 Å².